The Hall–Kier alpha value is -5.32. The lowest BCUT2D eigenvalue weighted by Crippen LogP contribution is -2.55. The lowest BCUT2D eigenvalue weighted by molar-refractivity contribution is -0.0399. The number of hydrogen-bond acceptors (Lipinski definition) is 3. The van der Waals surface area contributed by atoms with Gasteiger partial charge in [0.25, 0.3) is 0 Å². The molecule has 1 spiro atoms. The van der Waals surface area contributed by atoms with Gasteiger partial charge in [-0.15, -0.1) is 0 Å². The van der Waals surface area contributed by atoms with Gasteiger partial charge < -0.3 is 9.32 Å². The average molecular weight is 594 g/mol. The summed E-state index contributed by atoms with van der Waals surface area (Å²) in [5.74, 6) is 3.06. The van der Waals surface area contributed by atoms with Gasteiger partial charge in [-0.1, -0.05) is 60.7 Å². The van der Waals surface area contributed by atoms with E-state index in [4.69, 9.17) is 11.0 Å². The van der Waals surface area contributed by atoms with E-state index in [9.17, 15) is 5.26 Å². The van der Waals surface area contributed by atoms with E-state index in [2.05, 4.69) is 76.5 Å². The van der Waals surface area contributed by atoms with Crippen molar-refractivity contribution in [3.63, 3.8) is 0 Å². The molecule has 1 aromatic heterocycles. The van der Waals surface area contributed by atoms with Crippen molar-refractivity contribution in [2.24, 2.45) is 23.7 Å². The SMILES string of the molecule is [C-]#[N+]c1cc(C#N)cc(N(c2cccc3c2-c2ccccc2C32C3CC4CC(C3)CC2C4)c2cccc3oc4ccccc4c23)c1. The number of para-hydroxylation sites is 1. The highest BCUT2D eigenvalue weighted by Gasteiger charge is 2.61. The van der Waals surface area contributed by atoms with Gasteiger partial charge >= 0.3 is 0 Å². The van der Waals surface area contributed by atoms with E-state index in [-0.39, 0.29) is 5.41 Å². The molecule has 0 unspecified atom stereocenters. The van der Waals surface area contributed by atoms with Crippen LogP contribution in [0, 0.1) is 41.6 Å². The molecular weight excluding hydrogens is 562 g/mol. The van der Waals surface area contributed by atoms with Crippen molar-refractivity contribution < 1.29 is 4.42 Å². The van der Waals surface area contributed by atoms with Crippen LogP contribution in [-0.2, 0) is 5.41 Å². The maximum Gasteiger partial charge on any atom is 0.190 e. The Morgan fingerprint density at radius 3 is 2.24 bits per heavy atom. The number of furan rings is 1. The lowest BCUT2D eigenvalue weighted by atomic mass is 9.43. The summed E-state index contributed by atoms with van der Waals surface area (Å²) in [6.07, 6.45) is 6.73. The first kappa shape index (κ1) is 26.0. The van der Waals surface area contributed by atoms with E-state index in [1.165, 1.54) is 54.4 Å². The molecule has 5 aliphatic rings. The van der Waals surface area contributed by atoms with Crippen molar-refractivity contribution in [2.75, 3.05) is 4.90 Å². The van der Waals surface area contributed by atoms with Crippen molar-refractivity contribution in [1.82, 2.24) is 0 Å². The van der Waals surface area contributed by atoms with Crippen LogP contribution in [0.1, 0.15) is 48.8 Å². The Balaban J connectivity index is 1.30. The van der Waals surface area contributed by atoms with Crippen LogP contribution >= 0.6 is 0 Å². The summed E-state index contributed by atoms with van der Waals surface area (Å²) in [6.45, 7) is 7.90. The number of hydrogen-bond donors (Lipinski definition) is 0. The summed E-state index contributed by atoms with van der Waals surface area (Å²) in [5, 5.41) is 12.1. The summed E-state index contributed by atoms with van der Waals surface area (Å²) >= 11 is 0. The highest BCUT2D eigenvalue weighted by molar-refractivity contribution is 6.14. The highest BCUT2D eigenvalue weighted by atomic mass is 16.3. The predicted octanol–water partition coefficient (Wildman–Crippen LogP) is 11.2. The van der Waals surface area contributed by atoms with Crippen LogP contribution in [-0.4, -0.2) is 0 Å². The van der Waals surface area contributed by atoms with Gasteiger partial charge in [0.2, 0.25) is 0 Å². The Kier molecular flexibility index (Phi) is 5.28. The molecule has 4 bridgehead atoms. The molecule has 6 aromatic rings. The minimum absolute atomic E-state index is 0.0333. The topological polar surface area (TPSA) is 44.5 Å². The fraction of sp³-hybridized carbons (Fsp3) is 0.238. The van der Waals surface area contributed by atoms with E-state index in [0.717, 1.165) is 50.8 Å². The standard InChI is InChI=1S/C42H31N3O/c1-44-30-21-27(24-43)22-31(23-30)45(37-13-7-15-39-41(37)33-9-3-5-14-38(33)46-39)36-12-6-11-35-40(36)32-8-2-4-10-34(32)42(35)28-17-25-16-26(19-28)20-29(42)18-25/h2-15,21-23,25-26,28-29H,16-20H2. The van der Waals surface area contributed by atoms with Gasteiger partial charge in [-0.05, 0) is 115 Å². The summed E-state index contributed by atoms with van der Waals surface area (Å²) in [7, 11) is 0. The first-order valence-electron chi connectivity index (χ1n) is 16.5. The summed E-state index contributed by atoms with van der Waals surface area (Å²) in [5.41, 5.74) is 11.1. The average Bonchev–Trinajstić information content (AvgIpc) is 3.62. The third-order valence-corrected chi connectivity index (χ3v) is 11.8. The Morgan fingerprint density at radius 2 is 1.43 bits per heavy atom. The second-order valence-electron chi connectivity index (χ2n) is 14.0. The molecular formula is C42H31N3O. The van der Waals surface area contributed by atoms with Crippen LogP contribution < -0.4 is 4.90 Å². The zero-order chi connectivity index (χ0) is 30.6. The molecule has 11 rings (SSSR count). The molecule has 0 aliphatic heterocycles. The number of anilines is 3. The minimum Gasteiger partial charge on any atom is -0.456 e. The van der Waals surface area contributed by atoms with Crippen molar-refractivity contribution in [3.8, 4) is 17.2 Å². The Morgan fingerprint density at radius 1 is 0.739 bits per heavy atom. The molecule has 4 fully saturated rings. The normalized spacial score (nSPS) is 25.0. The molecule has 0 saturated heterocycles. The maximum absolute atomic E-state index is 10.1. The van der Waals surface area contributed by atoms with Gasteiger partial charge in [0, 0.05) is 27.6 Å². The molecule has 220 valence electrons. The van der Waals surface area contributed by atoms with Gasteiger partial charge in [0.1, 0.15) is 11.2 Å². The quantitative estimate of drug-likeness (QED) is 0.192. The van der Waals surface area contributed by atoms with E-state index >= 15 is 0 Å². The van der Waals surface area contributed by atoms with Crippen LogP contribution in [0.2, 0.25) is 0 Å². The molecule has 0 amide bonds. The smallest absolute Gasteiger partial charge is 0.190 e. The van der Waals surface area contributed by atoms with Crippen molar-refractivity contribution in [2.45, 2.75) is 37.5 Å². The van der Waals surface area contributed by atoms with Gasteiger partial charge in [0.05, 0.1) is 29.4 Å². The summed E-state index contributed by atoms with van der Waals surface area (Å²) in [4.78, 5) is 6.09. The summed E-state index contributed by atoms with van der Waals surface area (Å²) < 4.78 is 6.38. The number of benzene rings is 5. The molecule has 0 radical (unpaired) electrons. The minimum atomic E-state index is 0.0333. The van der Waals surface area contributed by atoms with Crippen LogP contribution in [0.5, 0.6) is 0 Å². The zero-order valence-corrected chi connectivity index (χ0v) is 25.4. The first-order chi connectivity index (χ1) is 22.7. The monoisotopic (exact) mass is 593 g/mol. The van der Waals surface area contributed by atoms with Gasteiger partial charge in [0.15, 0.2) is 5.69 Å². The number of rotatable bonds is 3. The zero-order valence-electron chi connectivity index (χ0n) is 25.4. The third kappa shape index (κ3) is 3.32. The van der Waals surface area contributed by atoms with Crippen molar-refractivity contribution >= 4 is 44.7 Å². The second kappa shape index (κ2) is 9.35. The molecule has 4 nitrogen and oxygen atoms in total. The van der Waals surface area contributed by atoms with Crippen LogP contribution in [0.4, 0.5) is 22.7 Å². The molecule has 0 atom stereocenters. The molecule has 0 N–H and O–H groups in total. The molecule has 5 aromatic carbocycles. The molecule has 46 heavy (non-hydrogen) atoms. The molecule has 4 saturated carbocycles. The second-order valence-corrected chi connectivity index (χ2v) is 14.0. The van der Waals surface area contributed by atoms with E-state index < -0.39 is 0 Å². The number of nitriles is 1. The van der Waals surface area contributed by atoms with Crippen molar-refractivity contribution in [3.05, 3.63) is 131 Å². The third-order valence-electron chi connectivity index (χ3n) is 11.8. The first-order valence-corrected chi connectivity index (χ1v) is 16.5. The fourth-order valence-corrected chi connectivity index (χ4v) is 10.6. The van der Waals surface area contributed by atoms with E-state index in [0.29, 0.717) is 23.1 Å². The largest absolute Gasteiger partial charge is 0.456 e. The van der Waals surface area contributed by atoms with Crippen LogP contribution in [0.3, 0.4) is 0 Å². The lowest BCUT2D eigenvalue weighted by Gasteiger charge is -2.61. The van der Waals surface area contributed by atoms with Crippen LogP contribution in [0.15, 0.2) is 108 Å². The number of fused-ring (bicyclic) bond motifs is 6. The maximum atomic E-state index is 10.1. The number of nitrogens with zero attached hydrogens (tertiary/aromatic N) is 3. The highest BCUT2D eigenvalue weighted by Crippen LogP contribution is 2.70. The van der Waals surface area contributed by atoms with E-state index in [1.54, 1.807) is 6.07 Å². The summed E-state index contributed by atoms with van der Waals surface area (Å²) in [6, 6.07) is 38.4. The molecule has 5 aliphatic carbocycles. The molecule has 4 heteroatoms. The Labute approximate surface area is 268 Å². The van der Waals surface area contributed by atoms with Gasteiger partial charge in [-0.2, -0.15) is 5.26 Å². The van der Waals surface area contributed by atoms with Crippen LogP contribution in [0.25, 0.3) is 37.9 Å². The molecule has 1 heterocycles. The fourth-order valence-electron chi connectivity index (χ4n) is 10.6. The van der Waals surface area contributed by atoms with Gasteiger partial charge in [-0.25, -0.2) is 4.85 Å². The van der Waals surface area contributed by atoms with E-state index in [1.807, 2.05) is 36.4 Å². The Bertz CT molecular complexity index is 2270. The van der Waals surface area contributed by atoms with Crippen molar-refractivity contribution in [1.29, 1.82) is 5.26 Å². The predicted molar refractivity (Wildman–Crippen MR) is 183 cm³/mol. The van der Waals surface area contributed by atoms with Gasteiger partial charge in [-0.3, -0.25) is 0 Å².